The number of carbonyl (C=O) groups is 2. The Hall–Kier alpha value is -2.02. The summed E-state index contributed by atoms with van der Waals surface area (Å²) >= 11 is 0. The number of rotatable bonds is 11. The van der Waals surface area contributed by atoms with E-state index in [4.69, 9.17) is 9.16 Å². The second kappa shape index (κ2) is 12.8. The first-order valence-corrected chi connectivity index (χ1v) is 15.4. The lowest BCUT2D eigenvalue weighted by molar-refractivity contribution is -0.133. The third-order valence-electron chi connectivity index (χ3n) is 7.22. The summed E-state index contributed by atoms with van der Waals surface area (Å²) in [5, 5.41) is 11.0. The van der Waals surface area contributed by atoms with Gasteiger partial charge in [-0.25, -0.2) is 4.79 Å². The van der Waals surface area contributed by atoms with Crippen molar-refractivity contribution in [3.63, 3.8) is 0 Å². The summed E-state index contributed by atoms with van der Waals surface area (Å²) in [4.78, 5) is 25.3. The molecule has 0 aliphatic carbocycles. The summed E-state index contributed by atoms with van der Waals surface area (Å²) < 4.78 is 12.1. The zero-order chi connectivity index (χ0) is 27.1. The molecule has 1 rings (SSSR count). The van der Waals surface area contributed by atoms with Crippen LogP contribution in [0.1, 0.15) is 72.7 Å². The average Bonchev–Trinajstić information content (AvgIpc) is 2.80. The van der Waals surface area contributed by atoms with Gasteiger partial charge >= 0.3 is 5.97 Å². The Morgan fingerprint density at radius 1 is 1.00 bits per heavy atom. The molecule has 196 valence electrons. The summed E-state index contributed by atoms with van der Waals surface area (Å²) in [6.45, 7) is 22.3. The van der Waals surface area contributed by atoms with Crippen LogP contribution in [0.25, 0.3) is 0 Å². The van der Waals surface area contributed by atoms with Crippen molar-refractivity contribution in [2.45, 2.75) is 98.8 Å². The standard InChI is InChI=1S/C29H46O5Si/c1-12-19(2)27(34-35(10,11)29(7,8)9)21(4)18-20(3)25(30)22(5)26(31)23(6)33-28(32)24-16-14-13-15-17-24/h12-18,21-23,25,27,30H,1-11H3/b19-12+,20-18+/t21-,22+,23-,25+,27-/m0/s1. The number of allylic oxidation sites excluding steroid dienone is 1. The summed E-state index contributed by atoms with van der Waals surface area (Å²) in [6.07, 6.45) is 2.02. The quantitative estimate of drug-likeness (QED) is 0.206. The first-order valence-electron chi connectivity index (χ1n) is 12.5. The lowest BCUT2D eigenvalue weighted by Crippen LogP contribution is -2.45. The fourth-order valence-corrected chi connectivity index (χ4v) is 5.04. The molecule has 0 spiro atoms. The fraction of sp³-hybridized carbons (Fsp3) is 0.586. The highest BCUT2D eigenvalue weighted by molar-refractivity contribution is 6.74. The minimum atomic E-state index is -2.02. The number of hydrogen-bond donors (Lipinski definition) is 1. The number of aliphatic hydroxyl groups is 1. The van der Waals surface area contributed by atoms with E-state index >= 15 is 0 Å². The van der Waals surface area contributed by atoms with Crippen LogP contribution in [-0.4, -0.2) is 43.5 Å². The molecule has 0 aliphatic heterocycles. The Bertz CT molecular complexity index is 911. The molecule has 0 radical (unpaired) electrons. The Labute approximate surface area is 213 Å². The number of aliphatic hydroxyl groups excluding tert-OH is 1. The number of Topliss-reactive ketones (excluding diaryl/α,β-unsaturated/α-hetero) is 1. The van der Waals surface area contributed by atoms with Crippen LogP contribution in [0.5, 0.6) is 0 Å². The molecule has 6 heteroatoms. The molecule has 0 saturated heterocycles. The minimum absolute atomic E-state index is 0.00519. The van der Waals surface area contributed by atoms with E-state index in [1.807, 2.05) is 19.9 Å². The molecular formula is C29H46O5Si. The maximum atomic E-state index is 12.9. The number of benzene rings is 1. The summed E-state index contributed by atoms with van der Waals surface area (Å²) in [6, 6.07) is 8.56. The van der Waals surface area contributed by atoms with Gasteiger partial charge in [-0.3, -0.25) is 4.79 Å². The van der Waals surface area contributed by atoms with Crippen molar-refractivity contribution in [3.8, 4) is 0 Å². The van der Waals surface area contributed by atoms with Gasteiger partial charge in [-0.15, -0.1) is 0 Å². The van der Waals surface area contributed by atoms with Crippen LogP contribution in [0.2, 0.25) is 18.1 Å². The lowest BCUT2D eigenvalue weighted by atomic mass is 9.88. The highest BCUT2D eigenvalue weighted by atomic mass is 28.4. The molecule has 1 N–H and O–H groups in total. The first kappa shape index (κ1) is 31.0. The Morgan fingerprint density at radius 2 is 1.54 bits per heavy atom. The third kappa shape index (κ3) is 8.55. The van der Waals surface area contributed by atoms with Crippen molar-refractivity contribution in [1.29, 1.82) is 0 Å². The zero-order valence-corrected chi connectivity index (χ0v) is 24.5. The molecular weight excluding hydrogens is 456 g/mol. The Morgan fingerprint density at radius 3 is 2.03 bits per heavy atom. The van der Waals surface area contributed by atoms with E-state index in [9.17, 15) is 14.7 Å². The van der Waals surface area contributed by atoms with Crippen molar-refractivity contribution in [3.05, 3.63) is 59.2 Å². The molecule has 0 bridgehead atoms. The summed E-state index contributed by atoms with van der Waals surface area (Å²) in [7, 11) is -2.02. The molecule has 0 aromatic heterocycles. The van der Waals surface area contributed by atoms with Crippen molar-refractivity contribution in [2.75, 3.05) is 0 Å². The van der Waals surface area contributed by atoms with Gasteiger partial charge in [-0.2, -0.15) is 0 Å². The molecule has 5 atom stereocenters. The number of ketones is 1. The van der Waals surface area contributed by atoms with Crippen molar-refractivity contribution < 1.29 is 23.9 Å². The first-order chi connectivity index (χ1) is 16.0. The van der Waals surface area contributed by atoms with E-state index in [0.717, 1.165) is 5.57 Å². The minimum Gasteiger partial charge on any atom is -0.451 e. The molecule has 0 amide bonds. The second-order valence-corrected chi connectivity index (χ2v) is 15.9. The fourth-order valence-electron chi connectivity index (χ4n) is 3.66. The van der Waals surface area contributed by atoms with Crippen LogP contribution in [0, 0.1) is 11.8 Å². The summed E-state index contributed by atoms with van der Waals surface area (Å²) in [5.41, 5.74) is 2.23. The molecule has 1 aromatic rings. The largest absolute Gasteiger partial charge is 0.451 e. The monoisotopic (exact) mass is 502 g/mol. The maximum absolute atomic E-state index is 12.9. The van der Waals surface area contributed by atoms with Gasteiger partial charge in [0.2, 0.25) is 0 Å². The van der Waals surface area contributed by atoms with Crippen LogP contribution >= 0.6 is 0 Å². The van der Waals surface area contributed by atoms with Gasteiger partial charge in [0.1, 0.15) is 0 Å². The maximum Gasteiger partial charge on any atom is 0.338 e. The van der Waals surface area contributed by atoms with E-state index in [0.29, 0.717) is 11.1 Å². The van der Waals surface area contributed by atoms with E-state index in [-0.39, 0.29) is 22.8 Å². The smallest absolute Gasteiger partial charge is 0.338 e. The highest BCUT2D eigenvalue weighted by Crippen LogP contribution is 2.39. The predicted molar refractivity (Wildman–Crippen MR) is 146 cm³/mol. The SMILES string of the molecule is C/C=C(\C)[C@H](O[Si](C)(C)C(C)(C)C)[C@@H](C)/C=C(\C)[C@@H](O)[C@@H](C)C(=O)[C@H](C)OC(=O)c1ccccc1. The molecule has 1 aromatic carbocycles. The third-order valence-corrected chi connectivity index (χ3v) is 11.7. The van der Waals surface area contributed by atoms with Gasteiger partial charge in [0.15, 0.2) is 20.2 Å². The number of esters is 1. The van der Waals surface area contributed by atoms with Crippen molar-refractivity contribution in [1.82, 2.24) is 0 Å². The lowest BCUT2D eigenvalue weighted by Gasteiger charge is -2.41. The second-order valence-electron chi connectivity index (χ2n) is 11.2. The molecule has 0 fully saturated rings. The highest BCUT2D eigenvalue weighted by Gasteiger charge is 2.40. The molecule has 0 unspecified atom stereocenters. The Balaban J connectivity index is 2.98. The van der Waals surface area contributed by atoms with Crippen molar-refractivity contribution in [2.24, 2.45) is 11.8 Å². The molecule has 5 nitrogen and oxygen atoms in total. The van der Waals surface area contributed by atoms with Gasteiger partial charge in [-0.05, 0) is 69.1 Å². The van der Waals surface area contributed by atoms with Gasteiger partial charge in [-0.1, -0.05) is 65.0 Å². The number of ether oxygens (including phenoxy) is 1. The van der Waals surface area contributed by atoms with Gasteiger partial charge in [0, 0.05) is 11.8 Å². The summed E-state index contributed by atoms with van der Waals surface area (Å²) in [5.74, 6) is -1.59. The molecule has 0 aliphatic rings. The van der Waals surface area contributed by atoms with Gasteiger partial charge < -0.3 is 14.3 Å². The van der Waals surface area contributed by atoms with Crippen molar-refractivity contribution >= 4 is 20.1 Å². The average molecular weight is 503 g/mol. The van der Waals surface area contributed by atoms with Crippen LogP contribution in [-0.2, 0) is 14.0 Å². The number of carbonyl (C=O) groups excluding carboxylic acids is 2. The normalized spacial score (nSPS) is 17.8. The number of hydrogen-bond acceptors (Lipinski definition) is 5. The van der Waals surface area contributed by atoms with E-state index in [1.54, 1.807) is 44.2 Å². The Kier molecular flexibility index (Phi) is 11.3. The van der Waals surface area contributed by atoms with E-state index in [1.165, 1.54) is 0 Å². The van der Waals surface area contributed by atoms with Crippen LogP contribution in [0.3, 0.4) is 0 Å². The van der Waals surface area contributed by atoms with Crippen LogP contribution < -0.4 is 0 Å². The van der Waals surface area contributed by atoms with E-state index < -0.39 is 32.4 Å². The predicted octanol–water partition coefficient (Wildman–Crippen LogP) is 6.74. The van der Waals surface area contributed by atoms with Gasteiger partial charge in [0.25, 0.3) is 0 Å². The van der Waals surface area contributed by atoms with Gasteiger partial charge in [0.05, 0.1) is 17.8 Å². The topological polar surface area (TPSA) is 72.8 Å². The van der Waals surface area contributed by atoms with Crippen LogP contribution in [0.4, 0.5) is 0 Å². The molecule has 0 heterocycles. The molecule has 0 saturated carbocycles. The van der Waals surface area contributed by atoms with E-state index in [2.05, 4.69) is 53.8 Å². The zero-order valence-electron chi connectivity index (χ0n) is 23.5. The molecule has 35 heavy (non-hydrogen) atoms. The van der Waals surface area contributed by atoms with Crippen LogP contribution in [0.15, 0.2) is 53.6 Å².